The monoisotopic (exact) mass is 187 g/mol. The highest BCUT2D eigenvalue weighted by Gasteiger charge is 2.09. The predicted octanol–water partition coefficient (Wildman–Crippen LogP) is 0.553. The lowest BCUT2D eigenvalue weighted by molar-refractivity contribution is -0.119. The molecule has 1 amide bonds. The molecule has 0 aliphatic carbocycles. The summed E-state index contributed by atoms with van der Waals surface area (Å²) in [5.41, 5.74) is 5.12. The van der Waals surface area contributed by atoms with Crippen molar-refractivity contribution in [2.45, 2.75) is 32.5 Å². The number of carbonyl (C=O) groups is 1. The van der Waals surface area contributed by atoms with Gasteiger partial charge in [-0.05, 0) is 6.42 Å². The van der Waals surface area contributed by atoms with Gasteiger partial charge in [-0.1, -0.05) is 19.9 Å². The van der Waals surface area contributed by atoms with Gasteiger partial charge in [0.05, 0.1) is 0 Å². The van der Waals surface area contributed by atoms with Crippen LogP contribution in [-0.4, -0.2) is 23.9 Å². The second kappa shape index (κ2) is 6.62. The third kappa shape index (κ3) is 6.31. The quantitative estimate of drug-likeness (QED) is 0.347. The predicted molar refractivity (Wildman–Crippen MR) is 49.8 cm³/mol. The van der Waals surface area contributed by atoms with Gasteiger partial charge in [-0.2, -0.15) is 0 Å². The normalized spacial score (nSPS) is 12.5. The van der Waals surface area contributed by atoms with Crippen molar-refractivity contribution in [1.82, 2.24) is 0 Å². The van der Waals surface area contributed by atoms with Crippen molar-refractivity contribution >= 4 is 5.91 Å². The number of rotatable bonds is 7. The Bertz CT molecular complexity index is 180. The molecular weight excluding hydrogens is 170 g/mol. The van der Waals surface area contributed by atoms with Crippen LogP contribution in [0.4, 0.5) is 0 Å². The van der Waals surface area contributed by atoms with Crippen molar-refractivity contribution in [3.8, 4) is 0 Å². The fraction of sp³-hybridized carbons (Fsp3) is 0.667. The lowest BCUT2D eigenvalue weighted by Gasteiger charge is -2.11. The van der Waals surface area contributed by atoms with Crippen LogP contribution in [0.1, 0.15) is 26.2 Å². The lowest BCUT2D eigenvalue weighted by Crippen LogP contribution is -2.20. The molecule has 0 aromatic heterocycles. The van der Waals surface area contributed by atoms with E-state index in [9.17, 15) is 9.90 Å². The first-order chi connectivity index (χ1) is 6.07. The standard InChI is InChI=1S/C9H17NO3/c1-3-4-5-13-8(11)6-7(2)9(10)12/h8,11H,2-6H2,1H3,(H2,10,12). The summed E-state index contributed by atoms with van der Waals surface area (Å²) in [7, 11) is 0. The van der Waals surface area contributed by atoms with Gasteiger partial charge in [0, 0.05) is 18.6 Å². The second-order valence-corrected chi connectivity index (χ2v) is 2.85. The Morgan fingerprint density at radius 3 is 2.77 bits per heavy atom. The van der Waals surface area contributed by atoms with Gasteiger partial charge in [-0.15, -0.1) is 0 Å². The molecule has 0 fully saturated rings. The van der Waals surface area contributed by atoms with Gasteiger partial charge in [-0.25, -0.2) is 0 Å². The molecular formula is C9H17NO3. The summed E-state index contributed by atoms with van der Waals surface area (Å²) in [5, 5.41) is 9.20. The zero-order chi connectivity index (χ0) is 10.3. The minimum Gasteiger partial charge on any atom is -0.368 e. The molecule has 0 aliphatic heterocycles. The summed E-state index contributed by atoms with van der Waals surface area (Å²) in [6.07, 6.45) is 1.01. The number of aliphatic hydroxyl groups excluding tert-OH is 1. The van der Waals surface area contributed by atoms with Crippen LogP contribution in [0.15, 0.2) is 12.2 Å². The molecule has 0 spiro atoms. The summed E-state index contributed by atoms with van der Waals surface area (Å²) in [6.45, 7) is 5.92. The topological polar surface area (TPSA) is 72.6 Å². The summed E-state index contributed by atoms with van der Waals surface area (Å²) < 4.78 is 4.99. The van der Waals surface area contributed by atoms with Crippen LogP contribution in [-0.2, 0) is 9.53 Å². The number of amides is 1. The van der Waals surface area contributed by atoms with Crippen LogP contribution in [0, 0.1) is 0 Å². The maximum atomic E-state index is 10.5. The Hall–Kier alpha value is -0.870. The average molecular weight is 187 g/mol. The maximum absolute atomic E-state index is 10.5. The molecule has 4 heteroatoms. The third-order valence-electron chi connectivity index (χ3n) is 1.58. The van der Waals surface area contributed by atoms with Crippen molar-refractivity contribution in [2.75, 3.05) is 6.61 Å². The fourth-order valence-electron chi connectivity index (χ4n) is 0.734. The van der Waals surface area contributed by atoms with Crippen molar-refractivity contribution in [2.24, 2.45) is 5.73 Å². The van der Waals surface area contributed by atoms with Gasteiger partial charge in [0.15, 0.2) is 6.29 Å². The summed E-state index contributed by atoms with van der Waals surface area (Å²) in [5.74, 6) is -0.599. The molecule has 3 N–H and O–H groups in total. The number of ether oxygens (including phenoxy) is 1. The number of carbonyl (C=O) groups excluding carboxylic acids is 1. The van der Waals surface area contributed by atoms with E-state index < -0.39 is 12.2 Å². The van der Waals surface area contributed by atoms with E-state index in [0.29, 0.717) is 6.61 Å². The molecule has 0 aromatic carbocycles. The van der Waals surface area contributed by atoms with Crippen molar-refractivity contribution < 1.29 is 14.6 Å². The molecule has 0 saturated heterocycles. The van der Waals surface area contributed by atoms with Gasteiger partial charge >= 0.3 is 0 Å². The van der Waals surface area contributed by atoms with Gasteiger partial charge in [-0.3, -0.25) is 4.79 Å². The highest BCUT2D eigenvalue weighted by atomic mass is 16.6. The van der Waals surface area contributed by atoms with Crippen LogP contribution in [0.25, 0.3) is 0 Å². The second-order valence-electron chi connectivity index (χ2n) is 2.85. The fourth-order valence-corrected chi connectivity index (χ4v) is 0.734. The molecule has 0 rings (SSSR count). The van der Waals surface area contributed by atoms with Crippen LogP contribution >= 0.6 is 0 Å². The highest BCUT2D eigenvalue weighted by Crippen LogP contribution is 2.04. The third-order valence-corrected chi connectivity index (χ3v) is 1.58. The molecule has 1 unspecified atom stereocenters. The summed E-state index contributed by atoms with van der Waals surface area (Å²) in [6, 6.07) is 0. The molecule has 0 heterocycles. The Morgan fingerprint density at radius 2 is 2.31 bits per heavy atom. The van der Waals surface area contributed by atoms with E-state index in [0.717, 1.165) is 12.8 Å². The number of nitrogens with two attached hydrogens (primary N) is 1. The highest BCUT2D eigenvalue weighted by molar-refractivity contribution is 5.91. The van der Waals surface area contributed by atoms with Gasteiger partial charge in [0.2, 0.25) is 5.91 Å². The van der Waals surface area contributed by atoms with Crippen LogP contribution in [0.2, 0.25) is 0 Å². The van der Waals surface area contributed by atoms with Crippen LogP contribution in [0.3, 0.4) is 0 Å². The minimum absolute atomic E-state index is 0.0824. The van der Waals surface area contributed by atoms with E-state index in [1.807, 2.05) is 6.92 Å². The van der Waals surface area contributed by atoms with Crippen molar-refractivity contribution in [1.29, 1.82) is 0 Å². The van der Waals surface area contributed by atoms with Crippen LogP contribution < -0.4 is 5.73 Å². The molecule has 13 heavy (non-hydrogen) atoms. The van der Waals surface area contributed by atoms with Crippen molar-refractivity contribution in [3.05, 3.63) is 12.2 Å². The number of hydrogen-bond donors (Lipinski definition) is 2. The van der Waals surface area contributed by atoms with Gasteiger partial charge in [0.1, 0.15) is 0 Å². The Labute approximate surface area is 78.4 Å². The van der Waals surface area contributed by atoms with Crippen molar-refractivity contribution in [3.63, 3.8) is 0 Å². The number of aliphatic hydroxyl groups is 1. The molecule has 4 nitrogen and oxygen atoms in total. The molecule has 0 aliphatic rings. The number of primary amides is 1. The molecule has 76 valence electrons. The van der Waals surface area contributed by atoms with E-state index in [-0.39, 0.29) is 12.0 Å². The van der Waals surface area contributed by atoms with Crippen LogP contribution in [0.5, 0.6) is 0 Å². The molecule has 0 radical (unpaired) electrons. The Balaban J connectivity index is 3.55. The van der Waals surface area contributed by atoms with E-state index in [2.05, 4.69) is 6.58 Å². The first-order valence-electron chi connectivity index (χ1n) is 4.35. The minimum atomic E-state index is -0.966. The molecule has 0 bridgehead atoms. The summed E-state index contributed by atoms with van der Waals surface area (Å²) >= 11 is 0. The SMILES string of the molecule is C=C(CC(O)OCCCC)C(N)=O. The molecule has 1 atom stereocenters. The zero-order valence-corrected chi connectivity index (χ0v) is 7.95. The lowest BCUT2D eigenvalue weighted by atomic mass is 10.2. The number of hydrogen-bond acceptors (Lipinski definition) is 3. The van der Waals surface area contributed by atoms with E-state index in [1.165, 1.54) is 0 Å². The first kappa shape index (κ1) is 12.1. The Morgan fingerprint density at radius 1 is 1.69 bits per heavy atom. The van der Waals surface area contributed by atoms with E-state index in [4.69, 9.17) is 10.5 Å². The van der Waals surface area contributed by atoms with E-state index >= 15 is 0 Å². The average Bonchev–Trinajstić information content (AvgIpc) is 2.04. The maximum Gasteiger partial charge on any atom is 0.244 e. The molecule has 0 saturated carbocycles. The zero-order valence-electron chi connectivity index (χ0n) is 7.95. The Kier molecular flexibility index (Phi) is 6.18. The van der Waals surface area contributed by atoms with E-state index in [1.54, 1.807) is 0 Å². The first-order valence-corrected chi connectivity index (χ1v) is 4.35. The number of unbranched alkanes of at least 4 members (excludes halogenated alkanes) is 1. The van der Waals surface area contributed by atoms with Gasteiger partial charge in [0.25, 0.3) is 0 Å². The molecule has 0 aromatic rings. The summed E-state index contributed by atoms with van der Waals surface area (Å²) in [4.78, 5) is 10.5. The van der Waals surface area contributed by atoms with Gasteiger partial charge < -0.3 is 15.6 Å². The largest absolute Gasteiger partial charge is 0.368 e. The smallest absolute Gasteiger partial charge is 0.244 e.